The van der Waals surface area contributed by atoms with E-state index in [1.807, 2.05) is 20.8 Å². The van der Waals surface area contributed by atoms with Gasteiger partial charge in [0.25, 0.3) is 9.05 Å². The van der Waals surface area contributed by atoms with Crippen LogP contribution in [-0.2, 0) is 14.5 Å². The zero-order valence-electron chi connectivity index (χ0n) is 8.15. The van der Waals surface area contributed by atoms with Crippen LogP contribution in [0, 0.1) is 0 Å². The topological polar surface area (TPSA) is 59.9 Å². The van der Waals surface area contributed by atoms with E-state index in [0.717, 1.165) is 0 Å². The second-order valence-corrected chi connectivity index (χ2v) is 6.50. The maximum atomic E-state index is 10.9. The van der Waals surface area contributed by atoms with Crippen molar-refractivity contribution in [3.63, 3.8) is 0 Å². The third-order valence-corrected chi connectivity index (χ3v) is 2.89. The molecule has 14 heavy (non-hydrogen) atoms. The van der Waals surface area contributed by atoms with Gasteiger partial charge in [0.1, 0.15) is 10.7 Å². The van der Waals surface area contributed by atoms with Crippen molar-refractivity contribution in [2.45, 2.75) is 31.1 Å². The Labute approximate surface area is 87.8 Å². The molecule has 0 bridgehead atoms. The second-order valence-electron chi connectivity index (χ2n) is 3.93. The smallest absolute Gasteiger partial charge is 0.239 e. The molecule has 0 unspecified atom stereocenters. The molecule has 0 saturated carbocycles. The molecule has 1 heterocycles. The van der Waals surface area contributed by atoms with Gasteiger partial charge in [0.05, 0.1) is 12.4 Å². The molecule has 1 aromatic rings. The highest BCUT2D eigenvalue weighted by molar-refractivity contribution is 8.13. The summed E-state index contributed by atoms with van der Waals surface area (Å²) in [5.74, 6) is 0.585. The minimum Gasteiger partial charge on any atom is -0.239 e. The third-order valence-electron chi connectivity index (χ3n) is 1.58. The number of aromatic nitrogens is 2. The van der Waals surface area contributed by atoms with Crippen LogP contribution in [-0.4, -0.2) is 18.4 Å². The Morgan fingerprint density at radius 3 is 1.93 bits per heavy atom. The summed E-state index contributed by atoms with van der Waals surface area (Å²) in [4.78, 5) is 7.81. The zero-order chi connectivity index (χ0) is 11.0. The minimum atomic E-state index is -3.72. The molecule has 0 amide bonds. The molecule has 0 aromatic carbocycles. The summed E-state index contributed by atoms with van der Waals surface area (Å²) in [5.41, 5.74) is -0.200. The number of halogens is 1. The molecule has 0 aliphatic rings. The van der Waals surface area contributed by atoms with Gasteiger partial charge in [-0.2, -0.15) is 0 Å². The van der Waals surface area contributed by atoms with E-state index < -0.39 is 9.05 Å². The molecule has 0 atom stereocenters. The summed E-state index contributed by atoms with van der Waals surface area (Å²) in [6.45, 7) is 5.83. The maximum Gasteiger partial charge on any atom is 0.264 e. The average molecular weight is 235 g/mol. The number of hydrogen-bond acceptors (Lipinski definition) is 4. The van der Waals surface area contributed by atoms with E-state index in [1.54, 1.807) is 0 Å². The molecular formula is C8H11ClN2O2S. The van der Waals surface area contributed by atoms with Gasteiger partial charge in [-0.15, -0.1) is 0 Å². The Kier molecular flexibility index (Phi) is 2.83. The zero-order valence-corrected chi connectivity index (χ0v) is 9.72. The first-order valence-corrected chi connectivity index (χ1v) is 6.29. The fourth-order valence-electron chi connectivity index (χ4n) is 0.829. The van der Waals surface area contributed by atoms with Crippen LogP contribution < -0.4 is 0 Å². The van der Waals surface area contributed by atoms with Gasteiger partial charge in [0.15, 0.2) is 0 Å². The monoisotopic (exact) mass is 234 g/mol. The molecule has 0 fully saturated rings. The highest BCUT2D eigenvalue weighted by Gasteiger charge is 2.18. The highest BCUT2D eigenvalue weighted by Crippen LogP contribution is 2.19. The Morgan fingerprint density at radius 1 is 1.21 bits per heavy atom. The molecule has 0 N–H and O–H groups in total. The van der Waals surface area contributed by atoms with Crippen LogP contribution in [0.3, 0.4) is 0 Å². The van der Waals surface area contributed by atoms with Crippen LogP contribution >= 0.6 is 10.7 Å². The first-order chi connectivity index (χ1) is 6.21. The summed E-state index contributed by atoms with van der Waals surface area (Å²) in [5, 5.41) is 0. The normalized spacial score (nSPS) is 12.9. The van der Waals surface area contributed by atoms with Crippen molar-refractivity contribution < 1.29 is 8.42 Å². The largest absolute Gasteiger partial charge is 0.264 e. The standard InChI is InChI=1S/C8H11ClN2O2S/c1-8(2,3)7-10-4-6(5-11-7)14(9,12)13/h4-5H,1-3H3. The molecular weight excluding hydrogens is 224 g/mol. The van der Waals surface area contributed by atoms with Gasteiger partial charge in [-0.05, 0) is 0 Å². The first kappa shape index (κ1) is 11.4. The molecule has 1 aromatic heterocycles. The van der Waals surface area contributed by atoms with Crippen molar-refractivity contribution in [2.75, 3.05) is 0 Å². The van der Waals surface area contributed by atoms with Crippen molar-refractivity contribution in [3.8, 4) is 0 Å². The number of nitrogens with zero attached hydrogens (tertiary/aromatic N) is 2. The Bertz CT molecular complexity index is 420. The lowest BCUT2D eigenvalue weighted by atomic mass is 9.96. The van der Waals surface area contributed by atoms with Gasteiger partial charge in [-0.1, -0.05) is 20.8 Å². The van der Waals surface area contributed by atoms with Crippen LogP contribution in [0.1, 0.15) is 26.6 Å². The first-order valence-electron chi connectivity index (χ1n) is 3.98. The number of hydrogen-bond donors (Lipinski definition) is 0. The van der Waals surface area contributed by atoms with Crippen molar-refractivity contribution in [1.82, 2.24) is 9.97 Å². The van der Waals surface area contributed by atoms with Gasteiger partial charge < -0.3 is 0 Å². The van der Waals surface area contributed by atoms with E-state index >= 15 is 0 Å². The lowest BCUT2D eigenvalue weighted by Gasteiger charge is -2.15. The minimum absolute atomic E-state index is 0.0767. The summed E-state index contributed by atoms with van der Waals surface area (Å²) in [6.07, 6.45) is 2.44. The van der Waals surface area contributed by atoms with E-state index in [2.05, 4.69) is 9.97 Å². The van der Waals surface area contributed by atoms with Crippen molar-refractivity contribution in [3.05, 3.63) is 18.2 Å². The van der Waals surface area contributed by atoms with Crippen LogP contribution in [0.5, 0.6) is 0 Å². The van der Waals surface area contributed by atoms with Crippen LogP contribution in [0.25, 0.3) is 0 Å². The Morgan fingerprint density at radius 2 is 1.64 bits per heavy atom. The number of rotatable bonds is 1. The fraction of sp³-hybridized carbons (Fsp3) is 0.500. The lowest BCUT2D eigenvalue weighted by Crippen LogP contribution is -2.16. The molecule has 0 aliphatic heterocycles. The Balaban J connectivity index is 3.14. The van der Waals surface area contributed by atoms with Crippen LogP contribution in [0.15, 0.2) is 17.3 Å². The lowest BCUT2D eigenvalue weighted by molar-refractivity contribution is 0.541. The van der Waals surface area contributed by atoms with E-state index in [1.165, 1.54) is 12.4 Å². The average Bonchev–Trinajstić information content (AvgIpc) is 2.01. The quantitative estimate of drug-likeness (QED) is 0.694. The maximum absolute atomic E-state index is 10.9. The third kappa shape index (κ3) is 2.65. The van der Waals surface area contributed by atoms with E-state index in [9.17, 15) is 8.42 Å². The molecule has 0 radical (unpaired) electrons. The van der Waals surface area contributed by atoms with E-state index in [-0.39, 0.29) is 10.3 Å². The second kappa shape index (κ2) is 3.47. The highest BCUT2D eigenvalue weighted by atomic mass is 35.7. The summed E-state index contributed by atoms with van der Waals surface area (Å²) >= 11 is 0. The molecule has 4 nitrogen and oxygen atoms in total. The van der Waals surface area contributed by atoms with Crippen LogP contribution in [0.4, 0.5) is 0 Å². The van der Waals surface area contributed by atoms with Crippen molar-refractivity contribution in [1.29, 1.82) is 0 Å². The SMILES string of the molecule is CC(C)(C)c1ncc(S(=O)(=O)Cl)cn1. The summed E-state index contributed by atoms with van der Waals surface area (Å²) in [6, 6.07) is 0. The fourth-order valence-corrected chi connectivity index (χ4v) is 1.43. The van der Waals surface area contributed by atoms with Gasteiger partial charge in [-0.3, -0.25) is 0 Å². The van der Waals surface area contributed by atoms with E-state index in [4.69, 9.17) is 10.7 Å². The van der Waals surface area contributed by atoms with Crippen molar-refractivity contribution >= 4 is 19.7 Å². The van der Waals surface area contributed by atoms with E-state index in [0.29, 0.717) is 5.82 Å². The van der Waals surface area contributed by atoms with Crippen LogP contribution in [0.2, 0.25) is 0 Å². The molecule has 1 rings (SSSR count). The summed E-state index contributed by atoms with van der Waals surface area (Å²) < 4.78 is 21.8. The molecule has 0 spiro atoms. The molecule has 78 valence electrons. The van der Waals surface area contributed by atoms with Gasteiger partial charge >= 0.3 is 0 Å². The molecule has 6 heteroatoms. The Hall–Kier alpha value is -0.680. The predicted octanol–water partition coefficient (Wildman–Crippen LogP) is 1.70. The van der Waals surface area contributed by atoms with Gasteiger partial charge in [-0.25, -0.2) is 18.4 Å². The van der Waals surface area contributed by atoms with Gasteiger partial charge in [0.2, 0.25) is 0 Å². The predicted molar refractivity (Wildman–Crippen MR) is 53.8 cm³/mol. The van der Waals surface area contributed by atoms with Gasteiger partial charge in [0, 0.05) is 16.1 Å². The van der Waals surface area contributed by atoms with Crippen molar-refractivity contribution in [2.24, 2.45) is 0 Å². The summed E-state index contributed by atoms with van der Waals surface area (Å²) in [7, 11) is 1.40. The molecule has 0 aliphatic carbocycles. The molecule has 0 saturated heterocycles.